The van der Waals surface area contributed by atoms with Gasteiger partial charge in [-0.25, -0.2) is 15.8 Å². The fourth-order valence-corrected chi connectivity index (χ4v) is 1.13. The molecule has 0 aliphatic heterocycles. The Labute approximate surface area is 89.8 Å². The van der Waals surface area contributed by atoms with Gasteiger partial charge in [0, 0.05) is 10.7 Å². The number of ether oxygens (including phenoxy) is 1. The van der Waals surface area contributed by atoms with Crippen LogP contribution in [0.5, 0.6) is 0 Å². The summed E-state index contributed by atoms with van der Waals surface area (Å²) >= 11 is 8.12. The van der Waals surface area contributed by atoms with Crippen molar-refractivity contribution in [2.24, 2.45) is 5.84 Å². The number of rotatable bonds is 1. The van der Waals surface area contributed by atoms with Crippen molar-refractivity contribution in [2.45, 2.75) is 0 Å². The highest BCUT2D eigenvalue weighted by molar-refractivity contribution is 9.10. The van der Waals surface area contributed by atoms with E-state index in [1.807, 2.05) is 0 Å². The molecular formula is C7H8BrN3OS. The molecule has 0 amide bonds. The molecular weight excluding hydrogens is 254 g/mol. The van der Waals surface area contributed by atoms with Gasteiger partial charge in [0.05, 0.1) is 7.11 Å². The summed E-state index contributed by atoms with van der Waals surface area (Å²) < 4.78 is 5.66. The fourth-order valence-electron chi connectivity index (χ4n) is 0.717. The molecule has 0 unspecified atom stereocenters. The van der Waals surface area contributed by atoms with Gasteiger partial charge >= 0.3 is 0 Å². The Kier molecular flexibility index (Phi) is 3.58. The van der Waals surface area contributed by atoms with Crippen molar-refractivity contribution in [2.75, 3.05) is 12.1 Å². The summed E-state index contributed by atoms with van der Waals surface area (Å²) in [5.41, 5.74) is 0. The standard InChI is InChI=1S/C7H8BrN3OS/c1-12-7(13)11(9)6-4-5(8)2-3-10-6/h2-4H,9H2,1H3. The van der Waals surface area contributed by atoms with Crippen LogP contribution in [0.2, 0.25) is 0 Å². The van der Waals surface area contributed by atoms with Gasteiger partial charge in [0.25, 0.3) is 5.17 Å². The number of pyridine rings is 1. The molecule has 0 aliphatic carbocycles. The molecule has 6 heteroatoms. The van der Waals surface area contributed by atoms with Crippen LogP contribution in [-0.2, 0) is 4.74 Å². The van der Waals surface area contributed by atoms with Crippen LogP contribution in [0, 0.1) is 0 Å². The first-order chi connectivity index (χ1) is 6.15. The maximum atomic E-state index is 5.60. The topological polar surface area (TPSA) is 51.4 Å². The van der Waals surface area contributed by atoms with Crippen LogP contribution in [0.25, 0.3) is 0 Å². The molecule has 0 bridgehead atoms. The number of methoxy groups -OCH3 is 1. The van der Waals surface area contributed by atoms with E-state index in [4.69, 9.17) is 22.8 Å². The highest BCUT2D eigenvalue weighted by Crippen LogP contribution is 2.15. The van der Waals surface area contributed by atoms with Crippen molar-refractivity contribution >= 4 is 39.1 Å². The normalized spacial score (nSPS) is 9.46. The molecule has 1 aromatic heterocycles. The lowest BCUT2D eigenvalue weighted by molar-refractivity contribution is 0.403. The number of nitrogens with zero attached hydrogens (tertiary/aromatic N) is 2. The van der Waals surface area contributed by atoms with Gasteiger partial charge in [-0.2, -0.15) is 0 Å². The Bertz CT molecular complexity index is 320. The van der Waals surface area contributed by atoms with E-state index in [9.17, 15) is 0 Å². The van der Waals surface area contributed by atoms with Crippen molar-refractivity contribution < 1.29 is 4.74 Å². The van der Waals surface area contributed by atoms with Crippen LogP contribution in [-0.4, -0.2) is 17.3 Å². The van der Waals surface area contributed by atoms with Crippen LogP contribution < -0.4 is 10.9 Å². The quantitative estimate of drug-likeness (QED) is 0.471. The van der Waals surface area contributed by atoms with Crippen molar-refractivity contribution in [3.05, 3.63) is 22.8 Å². The first-order valence-electron chi connectivity index (χ1n) is 3.39. The summed E-state index contributed by atoms with van der Waals surface area (Å²) in [4.78, 5) is 4.01. The van der Waals surface area contributed by atoms with Crippen LogP contribution in [0.1, 0.15) is 0 Å². The van der Waals surface area contributed by atoms with Crippen molar-refractivity contribution in [1.82, 2.24) is 4.98 Å². The predicted octanol–water partition coefficient (Wildman–Crippen LogP) is 1.46. The average molecular weight is 262 g/mol. The van der Waals surface area contributed by atoms with Gasteiger partial charge in [0.1, 0.15) is 0 Å². The van der Waals surface area contributed by atoms with Gasteiger partial charge in [-0.3, -0.25) is 0 Å². The first kappa shape index (κ1) is 10.4. The molecule has 13 heavy (non-hydrogen) atoms. The zero-order valence-electron chi connectivity index (χ0n) is 6.90. The van der Waals surface area contributed by atoms with Crippen LogP contribution in [0.15, 0.2) is 22.8 Å². The zero-order valence-corrected chi connectivity index (χ0v) is 9.30. The van der Waals surface area contributed by atoms with Gasteiger partial charge in [-0.15, -0.1) is 0 Å². The van der Waals surface area contributed by atoms with Crippen molar-refractivity contribution in [3.63, 3.8) is 0 Å². The molecule has 0 saturated heterocycles. The lowest BCUT2D eigenvalue weighted by atomic mass is 10.4. The van der Waals surface area contributed by atoms with E-state index in [-0.39, 0.29) is 5.17 Å². The minimum Gasteiger partial charge on any atom is -0.473 e. The Hall–Kier alpha value is -0.720. The van der Waals surface area contributed by atoms with E-state index >= 15 is 0 Å². The van der Waals surface area contributed by atoms with Gasteiger partial charge in [-0.1, -0.05) is 15.9 Å². The molecule has 0 atom stereocenters. The summed E-state index contributed by atoms with van der Waals surface area (Å²) in [7, 11) is 1.46. The SMILES string of the molecule is COC(=S)N(N)c1cc(Br)ccn1. The van der Waals surface area contributed by atoms with Crippen LogP contribution >= 0.6 is 28.1 Å². The lowest BCUT2D eigenvalue weighted by Gasteiger charge is -2.16. The second-order valence-electron chi connectivity index (χ2n) is 2.17. The number of halogens is 1. The summed E-state index contributed by atoms with van der Waals surface area (Å²) in [6, 6.07) is 3.54. The highest BCUT2D eigenvalue weighted by Gasteiger charge is 2.08. The molecule has 0 spiro atoms. The molecule has 1 heterocycles. The monoisotopic (exact) mass is 261 g/mol. The fraction of sp³-hybridized carbons (Fsp3) is 0.143. The molecule has 1 rings (SSSR count). The van der Waals surface area contributed by atoms with E-state index in [0.717, 1.165) is 4.47 Å². The number of nitrogens with two attached hydrogens (primary N) is 1. The number of thiocarbonyl (C=S) groups is 1. The van der Waals surface area contributed by atoms with Crippen LogP contribution in [0.4, 0.5) is 5.82 Å². The van der Waals surface area contributed by atoms with Crippen molar-refractivity contribution in [3.8, 4) is 0 Å². The van der Waals surface area contributed by atoms with Crippen molar-refractivity contribution in [1.29, 1.82) is 0 Å². The average Bonchev–Trinajstić information content (AvgIpc) is 2.15. The first-order valence-corrected chi connectivity index (χ1v) is 4.59. The smallest absolute Gasteiger partial charge is 0.279 e. The van der Waals surface area contributed by atoms with Gasteiger partial charge in [-0.05, 0) is 24.4 Å². The molecule has 2 N–H and O–H groups in total. The number of hydrogen-bond acceptors (Lipinski definition) is 4. The minimum absolute atomic E-state index is 0.172. The van der Waals surface area contributed by atoms with E-state index < -0.39 is 0 Å². The van der Waals surface area contributed by atoms with Crippen LogP contribution in [0.3, 0.4) is 0 Å². The molecule has 4 nitrogen and oxygen atoms in total. The third-order valence-electron chi connectivity index (χ3n) is 1.33. The number of hydrazine groups is 1. The Morgan fingerprint density at radius 2 is 2.46 bits per heavy atom. The molecule has 0 aromatic carbocycles. The third-order valence-corrected chi connectivity index (χ3v) is 2.18. The lowest BCUT2D eigenvalue weighted by Crippen LogP contribution is -2.37. The van der Waals surface area contributed by atoms with Gasteiger partial charge in [0.2, 0.25) is 0 Å². The van der Waals surface area contributed by atoms with Gasteiger partial charge < -0.3 is 4.74 Å². The number of hydrogen-bond donors (Lipinski definition) is 1. The number of anilines is 1. The third kappa shape index (κ3) is 2.61. The maximum Gasteiger partial charge on any atom is 0.279 e. The molecule has 0 saturated carbocycles. The highest BCUT2D eigenvalue weighted by atomic mass is 79.9. The summed E-state index contributed by atoms with van der Waals surface area (Å²) in [6.07, 6.45) is 1.62. The second kappa shape index (κ2) is 4.50. The van der Waals surface area contributed by atoms with E-state index in [1.165, 1.54) is 12.1 Å². The molecule has 0 aliphatic rings. The predicted molar refractivity (Wildman–Crippen MR) is 58.2 cm³/mol. The number of aromatic nitrogens is 1. The summed E-state index contributed by atoms with van der Waals surface area (Å²) in [5, 5.41) is 1.37. The minimum atomic E-state index is 0.172. The Balaban J connectivity index is 2.88. The Morgan fingerprint density at radius 3 is 3.00 bits per heavy atom. The summed E-state index contributed by atoms with van der Waals surface area (Å²) in [6.45, 7) is 0. The Morgan fingerprint density at radius 1 is 1.77 bits per heavy atom. The molecule has 1 aromatic rings. The largest absolute Gasteiger partial charge is 0.473 e. The van der Waals surface area contributed by atoms with E-state index in [0.29, 0.717) is 5.82 Å². The summed E-state index contributed by atoms with van der Waals surface area (Å²) in [5.74, 6) is 6.13. The van der Waals surface area contributed by atoms with Gasteiger partial charge in [0.15, 0.2) is 5.82 Å². The molecule has 70 valence electrons. The zero-order chi connectivity index (χ0) is 9.84. The maximum absolute atomic E-state index is 5.60. The molecule has 0 fully saturated rings. The van der Waals surface area contributed by atoms with E-state index in [1.54, 1.807) is 18.3 Å². The van der Waals surface area contributed by atoms with E-state index in [2.05, 4.69) is 20.9 Å². The second-order valence-corrected chi connectivity index (χ2v) is 3.44. The molecule has 0 radical (unpaired) electrons.